The summed E-state index contributed by atoms with van der Waals surface area (Å²) in [5.74, 6) is 1.45. The lowest BCUT2D eigenvalue weighted by Gasteiger charge is -2.00. The first-order valence-corrected chi connectivity index (χ1v) is 7.14. The van der Waals surface area contributed by atoms with Crippen LogP contribution in [0.4, 0.5) is 0 Å². The van der Waals surface area contributed by atoms with Crippen molar-refractivity contribution in [3.63, 3.8) is 0 Å². The zero-order valence-corrected chi connectivity index (χ0v) is 12.7. The lowest BCUT2D eigenvalue weighted by atomic mass is 10.2. The number of hydrogen-bond acceptors (Lipinski definition) is 4. The molecule has 0 saturated carbocycles. The number of nitrogens with zero attached hydrogens (tertiary/aromatic N) is 3. The number of nitrogens with one attached hydrogen (secondary N) is 1. The molecule has 0 atom stereocenters. The Bertz CT molecular complexity index is 857. The average molecular weight is 310 g/mol. The number of rotatable bonds is 4. The van der Waals surface area contributed by atoms with Crippen molar-refractivity contribution >= 4 is 24.5 Å². The Morgan fingerprint density at radius 1 is 1.27 bits per heavy atom. The fourth-order valence-corrected chi connectivity index (χ4v) is 2.14. The third-order valence-electron chi connectivity index (χ3n) is 2.97. The van der Waals surface area contributed by atoms with Gasteiger partial charge in [0.15, 0.2) is 5.82 Å². The predicted molar refractivity (Wildman–Crippen MR) is 89.1 cm³/mol. The molecule has 22 heavy (non-hydrogen) atoms. The van der Waals surface area contributed by atoms with Crippen LogP contribution in [0.2, 0.25) is 0 Å². The maximum atomic E-state index is 5.27. The van der Waals surface area contributed by atoms with E-state index in [4.69, 9.17) is 16.6 Å². The van der Waals surface area contributed by atoms with E-state index in [2.05, 4.69) is 15.3 Å². The monoisotopic (exact) mass is 310 g/mol. The van der Waals surface area contributed by atoms with Gasteiger partial charge in [0.25, 0.3) is 0 Å². The lowest BCUT2D eigenvalue weighted by molar-refractivity contribution is 0.557. The zero-order chi connectivity index (χ0) is 15.4. The van der Waals surface area contributed by atoms with Gasteiger partial charge < -0.3 is 4.42 Å². The first kappa shape index (κ1) is 14.2. The molecular weight excluding hydrogens is 296 g/mol. The first-order chi connectivity index (χ1) is 10.7. The highest BCUT2D eigenvalue weighted by molar-refractivity contribution is 7.71. The highest BCUT2D eigenvalue weighted by atomic mass is 32.1. The van der Waals surface area contributed by atoms with Gasteiger partial charge in [-0.2, -0.15) is 14.9 Å². The number of benzene rings is 1. The maximum absolute atomic E-state index is 5.27. The van der Waals surface area contributed by atoms with Crippen LogP contribution in [0.5, 0.6) is 0 Å². The van der Waals surface area contributed by atoms with Crippen LogP contribution >= 0.6 is 12.2 Å². The van der Waals surface area contributed by atoms with Crippen LogP contribution < -0.4 is 0 Å². The summed E-state index contributed by atoms with van der Waals surface area (Å²) in [7, 11) is 0. The Morgan fingerprint density at radius 2 is 2.09 bits per heavy atom. The topological polar surface area (TPSA) is 59.1 Å². The lowest BCUT2D eigenvalue weighted by Crippen LogP contribution is -1.94. The molecule has 6 heteroatoms. The van der Waals surface area contributed by atoms with Crippen molar-refractivity contribution in [3.05, 3.63) is 64.8 Å². The Labute approximate surface area is 132 Å². The second kappa shape index (κ2) is 6.36. The summed E-state index contributed by atoms with van der Waals surface area (Å²) in [6.07, 6.45) is 5.26. The summed E-state index contributed by atoms with van der Waals surface area (Å²) in [6, 6.07) is 13.5. The van der Waals surface area contributed by atoms with Crippen LogP contribution in [0.1, 0.15) is 12.7 Å². The van der Waals surface area contributed by atoms with Gasteiger partial charge in [-0.1, -0.05) is 30.3 Å². The molecule has 0 spiro atoms. The van der Waals surface area contributed by atoms with Crippen molar-refractivity contribution in [2.45, 2.75) is 6.92 Å². The van der Waals surface area contributed by atoms with Crippen molar-refractivity contribution in [2.24, 2.45) is 5.10 Å². The third kappa shape index (κ3) is 3.12. The second-order valence-corrected chi connectivity index (χ2v) is 5.07. The number of aromatic nitrogens is 3. The van der Waals surface area contributed by atoms with E-state index in [1.807, 2.05) is 55.5 Å². The predicted octanol–water partition coefficient (Wildman–Crippen LogP) is 4.14. The summed E-state index contributed by atoms with van der Waals surface area (Å²) in [4.78, 5) is 0. The van der Waals surface area contributed by atoms with E-state index in [0.717, 1.165) is 16.9 Å². The summed E-state index contributed by atoms with van der Waals surface area (Å²) < 4.78 is 7.32. The normalized spacial score (nSPS) is 12.1. The van der Waals surface area contributed by atoms with Gasteiger partial charge in [-0.05, 0) is 42.9 Å². The van der Waals surface area contributed by atoms with E-state index in [0.29, 0.717) is 10.6 Å². The molecule has 0 bridgehead atoms. The molecule has 1 N–H and O–H groups in total. The maximum Gasteiger partial charge on any atom is 0.216 e. The van der Waals surface area contributed by atoms with Gasteiger partial charge in [-0.3, -0.25) is 0 Å². The van der Waals surface area contributed by atoms with E-state index in [1.54, 1.807) is 17.2 Å². The van der Waals surface area contributed by atoms with Crippen LogP contribution in [-0.2, 0) is 0 Å². The molecular formula is C16H14N4OS. The van der Waals surface area contributed by atoms with Crippen molar-refractivity contribution in [1.29, 1.82) is 0 Å². The number of aromatic amines is 1. The molecule has 0 amide bonds. The van der Waals surface area contributed by atoms with Gasteiger partial charge in [0.05, 0.1) is 12.5 Å². The molecule has 0 fully saturated rings. The number of hydrogen-bond donors (Lipinski definition) is 1. The number of allylic oxidation sites excluding steroid dienone is 1. The summed E-state index contributed by atoms with van der Waals surface area (Å²) >= 11 is 5.23. The molecule has 0 aliphatic carbocycles. The third-order valence-corrected chi connectivity index (χ3v) is 3.24. The van der Waals surface area contributed by atoms with Gasteiger partial charge in [-0.15, -0.1) is 0 Å². The molecule has 1 aromatic carbocycles. The van der Waals surface area contributed by atoms with E-state index in [1.165, 1.54) is 0 Å². The molecule has 0 aliphatic heterocycles. The zero-order valence-electron chi connectivity index (χ0n) is 11.9. The fourth-order valence-electron chi connectivity index (χ4n) is 1.96. The second-order valence-electron chi connectivity index (χ2n) is 4.68. The Morgan fingerprint density at radius 3 is 2.82 bits per heavy atom. The minimum Gasteiger partial charge on any atom is -0.465 e. The quantitative estimate of drug-likeness (QED) is 0.582. The fraction of sp³-hybridized carbons (Fsp3) is 0.0625. The number of furan rings is 1. The van der Waals surface area contributed by atoms with Gasteiger partial charge >= 0.3 is 0 Å². The van der Waals surface area contributed by atoms with Crippen molar-refractivity contribution in [1.82, 2.24) is 14.9 Å². The first-order valence-electron chi connectivity index (χ1n) is 6.73. The molecule has 0 radical (unpaired) electrons. The van der Waals surface area contributed by atoms with Gasteiger partial charge in [-0.25, -0.2) is 5.10 Å². The van der Waals surface area contributed by atoms with E-state index < -0.39 is 0 Å². The smallest absolute Gasteiger partial charge is 0.216 e. The largest absolute Gasteiger partial charge is 0.465 e. The molecule has 0 aliphatic rings. The van der Waals surface area contributed by atoms with E-state index >= 15 is 0 Å². The standard InChI is InChI=1S/C16H14N4OS/c1-12(10-14-8-5-9-21-14)11-17-20-15(18-19-16(20)22)13-6-3-2-4-7-13/h2-11H,1H3,(H,19,22)/b12-10-,17-11+. The molecule has 3 rings (SSSR count). The highest BCUT2D eigenvalue weighted by Gasteiger charge is 2.06. The van der Waals surface area contributed by atoms with Crippen molar-refractivity contribution < 1.29 is 4.42 Å². The average Bonchev–Trinajstić information content (AvgIpc) is 3.16. The van der Waals surface area contributed by atoms with Crippen molar-refractivity contribution in [2.75, 3.05) is 0 Å². The summed E-state index contributed by atoms with van der Waals surface area (Å²) in [5.41, 5.74) is 1.89. The van der Waals surface area contributed by atoms with Gasteiger partial charge in [0, 0.05) is 5.56 Å². The minimum absolute atomic E-state index is 0.445. The van der Waals surface area contributed by atoms with Gasteiger partial charge in [0.2, 0.25) is 4.77 Å². The van der Waals surface area contributed by atoms with Gasteiger partial charge in [0.1, 0.15) is 5.76 Å². The SMILES string of the molecule is CC(=C/c1ccco1)/C=N/n1c(-c2ccccc2)n[nH]c1=S. The molecule has 0 unspecified atom stereocenters. The molecule has 5 nitrogen and oxygen atoms in total. The van der Waals surface area contributed by atoms with E-state index in [9.17, 15) is 0 Å². The van der Waals surface area contributed by atoms with E-state index in [-0.39, 0.29) is 0 Å². The Balaban J connectivity index is 1.91. The molecule has 110 valence electrons. The number of H-pyrrole nitrogens is 1. The Hall–Kier alpha value is -2.73. The summed E-state index contributed by atoms with van der Waals surface area (Å²) in [6.45, 7) is 1.94. The molecule has 2 heterocycles. The Kier molecular flexibility index (Phi) is 4.11. The van der Waals surface area contributed by atoms with Crippen LogP contribution in [-0.4, -0.2) is 21.1 Å². The van der Waals surface area contributed by atoms with Crippen LogP contribution in [0, 0.1) is 4.77 Å². The van der Waals surface area contributed by atoms with Crippen molar-refractivity contribution in [3.8, 4) is 11.4 Å². The van der Waals surface area contributed by atoms with Crippen LogP contribution in [0.3, 0.4) is 0 Å². The molecule has 2 aromatic heterocycles. The highest BCUT2D eigenvalue weighted by Crippen LogP contribution is 2.16. The van der Waals surface area contributed by atoms with Crippen LogP contribution in [0.15, 0.2) is 63.8 Å². The van der Waals surface area contributed by atoms with Crippen LogP contribution in [0.25, 0.3) is 17.5 Å². The molecule has 3 aromatic rings. The summed E-state index contributed by atoms with van der Waals surface area (Å²) in [5, 5.41) is 11.4. The molecule has 0 saturated heterocycles. The minimum atomic E-state index is 0.445.